The van der Waals surface area contributed by atoms with E-state index in [4.69, 9.17) is 4.74 Å². The lowest BCUT2D eigenvalue weighted by Gasteiger charge is -2.38. The molecule has 0 aromatic rings. The predicted molar refractivity (Wildman–Crippen MR) is 113 cm³/mol. The number of cyclic esters (lactones) is 1. The van der Waals surface area contributed by atoms with Crippen molar-refractivity contribution in [2.45, 2.75) is 92.3 Å². The number of aliphatic hydroxyl groups excluding tert-OH is 4. The number of hydrogen-bond donors (Lipinski definition) is 4. The molecule has 1 rings (SSSR count). The van der Waals surface area contributed by atoms with Gasteiger partial charge in [-0.05, 0) is 26.2 Å². The fraction of sp³-hybridized carbons (Fsp3) is 0.913. The van der Waals surface area contributed by atoms with Gasteiger partial charge < -0.3 is 25.2 Å². The summed E-state index contributed by atoms with van der Waals surface area (Å²) < 4.78 is 5.69. The molecule has 0 spiro atoms. The molecule has 0 saturated carbocycles. The monoisotopic (exact) mass is 430 g/mol. The van der Waals surface area contributed by atoms with Crippen LogP contribution in [0.3, 0.4) is 0 Å². The minimum atomic E-state index is -1.13. The van der Waals surface area contributed by atoms with Crippen LogP contribution in [0.15, 0.2) is 0 Å². The molecule has 1 fully saturated rings. The summed E-state index contributed by atoms with van der Waals surface area (Å²) in [5.41, 5.74) is 0. The second-order valence-corrected chi connectivity index (χ2v) is 9.78. The zero-order chi connectivity index (χ0) is 23.5. The molecule has 0 amide bonds. The summed E-state index contributed by atoms with van der Waals surface area (Å²) in [6, 6.07) is 0. The van der Waals surface area contributed by atoms with Crippen molar-refractivity contribution in [3.63, 3.8) is 0 Å². The van der Waals surface area contributed by atoms with Gasteiger partial charge in [0.25, 0.3) is 0 Å². The molecule has 4 N–H and O–H groups in total. The molecule has 1 aliphatic rings. The average molecular weight is 431 g/mol. The Morgan fingerprint density at radius 3 is 1.83 bits per heavy atom. The highest BCUT2D eigenvalue weighted by molar-refractivity contribution is 5.83. The van der Waals surface area contributed by atoms with Crippen LogP contribution in [0.5, 0.6) is 0 Å². The minimum absolute atomic E-state index is 0.123. The van der Waals surface area contributed by atoms with E-state index < -0.39 is 66.1 Å². The Kier molecular flexibility index (Phi) is 9.93. The summed E-state index contributed by atoms with van der Waals surface area (Å²) in [6.07, 6.45) is -4.33. The highest BCUT2D eigenvalue weighted by Gasteiger charge is 2.42. The number of esters is 1. The number of rotatable bonds is 2. The van der Waals surface area contributed by atoms with Crippen LogP contribution in [0.1, 0.15) is 61.8 Å². The number of ketones is 1. The van der Waals surface area contributed by atoms with E-state index in [-0.39, 0.29) is 17.6 Å². The molecule has 176 valence electrons. The third kappa shape index (κ3) is 6.02. The van der Waals surface area contributed by atoms with E-state index in [9.17, 15) is 30.0 Å². The lowest BCUT2D eigenvalue weighted by atomic mass is 9.76. The first-order valence-corrected chi connectivity index (χ1v) is 11.2. The van der Waals surface area contributed by atoms with E-state index in [0.29, 0.717) is 6.42 Å². The standard InChI is InChI=1S/C23H42O7/c1-10-9-11(2)19(26)14(5)21(28)16(7)23(29)30-22(12(3)17(8)24)15(6)20(27)13(4)18(10)25/h10-17,19-22,24,26-28H,9H2,1-8H3/t10-,11+,12?,13-,14-,15-,16-,17?,19+,20-,21+,22-/m1/s1. The molecule has 1 saturated heterocycles. The van der Waals surface area contributed by atoms with E-state index in [0.717, 1.165) is 0 Å². The van der Waals surface area contributed by atoms with Gasteiger partial charge in [0.05, 0.1) is 30.3 Å². The van der Waals surface area contributed by atoms with Crippen LogP contribution in [0.4, 0.5) is 0 Å². The van der Waals surface area contributed by atoms with Gasteiger partial charge in [-0.2, -0.15) is 0 Å². The first kappa shape index (κ1) is 27.0. The molecule has 7 heteroatoms. The van der Waals surface area contributed by atoms with Crippen LogP contribution in [-0.4, -0.2) is 62.7 Å². The minimum Gasteiger partial charge on any atom is -0.461 e. The molecule has 0 radical (unpaired) electrons. The first-order valence-electron chi connectivity index (χ1n) is 11.2. The third-order valence-corrected chi connectivity index (χ3v) is 7.30. The normalized spacial score (nSPS) is 44.7. The Labute approximate surface area is 180 Å². The SMILES string of the molecule is CC(O)C(C)[C@H]1OC(=O)[C@H](C)[C@@H](O)[C@H](C)[C@@H](O)[C@@H](C)C[C@@H](C)C(=O)[C@@H](C)[C@@H](O)[C@H]1C. The van der Waals surface area contributed by atoms with E-state index in [1.54, 1.807) is 48.5 Å². The molecule has 7 nitrogen and oxygen atoms in total. The number of ether oxygens (including phenoxy) is 1. The van der Waals surface area contributed by atoms with E-state index in [1.807, 2.05) is 6.92 Å². The van der Waals surface area contributed by atoms with Crippen LogP contribution in [0.25, 0.3) is 0 Å². The van der Waals surface area contributed by atoms with Gasteiger partial charge in [0.1, 0.15) is 11.9 Å². The number of hydrogen-bond acceptors (Lipinski definition) is 7. The Bertz CT molecular complexity index is 578. The van der Waals surface area contributed by atoms with Gasteiger partial charge in [-0.1, -0.05) is 41.5 Å². The fourth-order valence-electron chi connectivity index (χ4n) is 4.60. The van der Waals surface area contributed by atoms with Crippen LogP contribution in [0, 0.1) is 41.4 Å². The van der Waals surface area contributed by atoms with Gasteiger partial charge in [0.15, 0.2) is 0 Å². The lowest BCUT2D eigenvalue weighted by Crippen LogP contribution is -2.48. The maximum Gasteiger partial charge on any atom is 0.311 e. The van der Waals surface area contributed by atoms with E-state index >= 15 is 0 Å². The van der Waals surface area contributed by atoms with Crippen molar-refractivity contribution in [3.8, 4) is 0 Å². The first-order chi connectivity index (χ1) is 13.7. The quantitative estimate of drug-likeness (QED) is 0.492. The molecule has 0 aliphatic carbocycles. The number of carbonyl (C=O) groups is 2. The molecule has 0 aromatic heterocycles. The molecule has 0 bridgehead atoms. The van der Waals surface area contributed by atoms with Gasteiger partial charge in [0, 0.05) is 29.6 Å². The third-order valence-electron chi connectivity index (χ3n) is 7.30. The number of carbonyl (C=O) groups excluding carboxylic acids is 2. The molecule has 2 unspecified atom stereocenters. The summed E-state index contributed by atoms with van der Waals surface area (Å²) in [6.45, 7) is 13.5. The molecular weight excluding hydrogens is 388 g/mol. The Balaban J connectivity index is 3.37. The van der Waals surface area contributed by atoms with Crippen molar-refractivity contribution in [1.82, 2.24) is 0 Å². The van der Waals surface area contributed by atoms with Gasteiger partial charge in [-0.15, -0.1) is 0 Å². The Morgan fingerprint density at radius 1 is 0.833 bits per heavy atom. The smallest absolute Gasteiger partial charge is 0.311 e. The van der Waals surface area contributed by atoms with Gasteiger partial charge >= 0.3 is 5.97 Å². The summed E-state index contributed by atoms with van der Waals surface area (Å²) >= 11 is 0. The molecule has 12 atom stereocenters. The van der Waals surface area contributed by atoms with E-state index in [1.165, 1.54) is 0 Å². The molecular formula is C23H42O7. The predicted octanol–water partition coefficient (Wildman–Crippen LogP) is 1.79. The van der Waals surface area contributed by atoms with Gasteiger partial charge in [-0.25, -0.2) is 0 Å². The average Bonchev–Trinajstić information content (AvgIpc) is 2.71. The maximum absolute atomic E-state index is 12.9. The highest BCUT2D eigenvalue weighted by Crippen LogP contribution is 2.32. The zero-order valence-corrected chi connectivity index (χ0v) is 19.6. The highest BCUT2D eigenvalue weighted by atomic mass is 16.5. The summed E-state index contributed by atoms with van der Waals surface area (Å²) in [4.78, 5) is 25.8. The van der Waals surface area contributed by atoms with Crippen molar-refractivity contribution in [2.24, 2.45) is 41.4 Å². The zero-order valence-electron chi connectivity index (χ0n) is 19.6. The maximum atomic E-state index is 12.9. The van der Waals surface area contributed by atoms with E-state index in [2.05, 4.69) is 0 Å². The summed E-state index contributed by atoms with van der Waals surface area (Å²) in [5, 5.41) is 42.4. The lowest BCUT2D eigenvalue weighted by molar-refractivity contribution is -0.172. The number of Topliss-reactive ketones (excluding diaryl/α,β-unsaturated/α-hetero) is 1. The molecule has 0 aromatic carbocycles. The van der Waals surface area contributed by atoms with Crippen LogP contribution in [-0.2, 0) is 14.3 Å². The number of aliphatic hydroxyl groups is 4. The Hall–Kier alpha value is -1.02. The summed E-state index contributed by atoms with van der Waals surface area (Å²) in [5.74, 6) is -4.70. The fourth-order valence-corrected chi connectivity index (χ4v) is 4.60. The van der Waals surface area contributed by atoms with Crippen molar-refractivity contribution in [1.29, 1.82) is 0 Å². The molecule has 30 heavy (non-hydrogen) atoms. The molecule has 1 heterocycles. The van der Waals surface area contributed by atoms with Crippen molar-refractivity contribution in [2.75, 3.05) is 0 Å². The van der Waals surface area contributed by atoms with Crippen LogP contribution in [0.2, 0.25) is 0 Å². The van der Waals surface area contributed by atoms with Crippen molar-refractivity contribution >= 4 is 11.8 Å². The largest absolute Gasteiger partial charge is 0.461 e. The second-order valence-electron chi connectivity index (χ2n) is 9.78. The van der Waals surface area contributed by atoms with Gasteiger partial charge in [0.2, 0.25) is 0 Å². The molecule has 1 aliphatic heterocycles. The second kappa shape index (κ2) is 11.0. The van der Waals surface area contributed by atoms with Crippen molar-refractivity contribution < 1.29 is 34.8 Å². The van der Waals surface area contributed by atoms with Crippen LogP contribution >= 0.6 is 0 Å². The topological polar surface area (TPSA) is 124 Å². The summed E-state index contributed by atoms with van der Waals surface area (Å²) in [7, 11) is 0. The van der Waals surface area contributed by atoms with Crippen LogP contribution < -0.4 is 0 Å². The van der Waals surface area contributed by atoms with Gasteiger partial charge in [-0.3, -0.25) is 9.59 Å². The van der Waals surface area contributed by atoms with Crippen molar-refractivity contribution in [3.05, 3.63) is 0 Å². The Morgan fingerprint density at radius 2 is 1.33 bits per heavy atom.